The molecule has 2 bridgehead atoms. The minimum atomic E-state index is 0.289. The standard InChI is InChI=1S/C17H29NO/c1-16(2)13-9-10-17(3,11-13)15(16)18-14(19)12-7-5-4-6-8-12/h12-13,15H,4-11H2,1-3H3,(H,18,19). The third-order valence-electron chi connectivity index (χ3n) is 6.53. The smallest absolute Gasteiger partial charge is 0.223 e. The first kappa shape index (κ1) is 13.5. The third kappa shape index (κ3) is 2.11. The summed E-state index contributed by atoms with van der Waals surface area (Å²) in [6.07, 6.45) is 10.0. The zero-order valence-electron chi connectivity index (χ0n) is 12.8. The van der Waals surface area contributed by atoms with E-state index in [1.165, 1.54) is 38.5 Å². The Balaban J connectivity index is 1.70. The van der Waals surface area contributed by atoms with Crippen LogP contribution in [0.4, 0.5) is 0 Å². The van der Waals surface area contributed by atoms with Gasteiger partial charge in [0.15, 0.2) is 0 Å². The van der Waals surface area contributed by atoms with E-state index in [1.807, 2.05) is 0 Å². The van der Waals surface area contributed by atoms with Crippen molar-refractivity contribution in [3.8, 4) is 0 Å². The van der Waals surface area contributed by atoms with E-state index in [1.54, 1.807) is 0 Å². The van der Waals surface area contributed by atoms with Gasteiger partial charge in [0, 0.05) is 12.0 Å². The summed E-state index contributed by atoms with van der Waals surface area (Å²) in [6.45, 7) is 7.13. The summed E-state index contributed by atoms with van der Waals surface area (Å²) in [5.41, 5.74) is 0.649. The normalized spacial score (nSPS) is 41.4. The van der Waals surface area contributed by atoms with Crippen molar-refractivity contribution in [2.24, 2.45) is 22.7 Å². The van der Waals surface area contributed by atoms with Crippen LogP contribution >= 0.6 is 0 Å². The van der Waals surface area contributed by atoms with E-state index in [0.717, 1.165) is 18.8 Å². The number of hydrogen-bond donors (Lipinski definition) is 1. The molecule has 0 heterocycles. The van der Waals surface area contributed by atoms with Crippen LogP contribution in [0.1, 0.15) is 72.1 Å². The Kier molecular flexibility index (Phi) is 3.18. The predicted octanol–water partition coefficient (Wildman–Crippen LogP) is 3.90. The molecule has 3 saturated carbocycles. The maximum Gasteiger partial charge on any atom is 0.223 e. The van der Waals surface area contributed by atoms with Gasteiger partial charge in [-0.3, -0.25) is 4.79 Å². The highest BCUT2D eigenvalue weighted by Gasteiger charge is 2.59. The van der Waals surface area contributed by atoms with Crippen LogP contribution in [-0.2, 0) is 4.79 Å². The fourth-order valence-corrected chi connectivity index (χ4v) is 5.29. The quantitative estimate of drug-likeness (QED) is 0.804. The van der Waals surface area contributed by atoms with Gasteiger partial charge in [-0.15, -0.1) is 0 Å². The van der Waals surface area contributed by atoms with E-state index in [4.69, 9.17) is 0 Å². The maximum absolute atomic E-state index is 12.5. The molecule has 3 fully saturated rings. The molecule has 0 aromatic carbocycles. The predicted molar refractivity (Wildman–Crippen MR) is 77.7 cm³/mol. The average Bonchev–Trinajstić information content (AvgIpc) is 2.87. The number of carbonyl (C=O) groups is 1. The average molecular weight is 263 g/mol. The summed E-state index contributed by atoms with van der Waals surface area (Å²) < 4.78 is 0. The molecule has 3 rings (SSSR count). The van der Waals surface area contributed by atoms with E-state index < -0.39 is 0 Å². The molecule has 3 aliphatic carbocycles. The fraction of sp³-hybridized carbons (Fsp3) is 0.941. The number of fused-ring (bicyclic) bond motifs is 2. The van der Waals surface area contributed by atoms with E-state index in [2.05, 4.69) is 26.1 Å². The topological polar surface area (TPSA) is 29.1 Å². The molecule has 0 aromatic rings. The molecular formula is C17H29NO. The molecule has 1 N–H and O–H groups in total. The molecule has 0 radical (unpaired) electrons. The van der Waals surface area contributed by atoms with E-state index in [0.29, 0.717) is 23.3 Å². The number of hydrogen-bond acceptors (Lipinski definition) is 1. The summed E-state index contributed by atoms with van der Waals surface area (Å²) in [5, 5.41) is 3.47. The van der Waals surface area contributed by atoms with Crippen LogP contribution in [0.25, 0.3) is 0 Å². The van der Waals surface area contributed by atoms with Crippen molar-refractivity contribution in [1.29, 1.82) is 0 Å². The van der Waals surface area contributed by atoms with Gasteiger partial charge in [0.1, 0.15) is 0 Å². The van der Waals surface area contributed by atoms with Crippen LogP contribution in [0.3, 0.4) is 0 Å². The molecule has 1 amide bonds. The van der Waals surface area contributed by atoms with Crippen LogP contribution in [0.5, 0.6) is 0 Å². The Morgan fingerprint density at radius 3 is 2.32 bits per heavy atom. The lowest BCUT2D eigenvalue weighted by atomic mass is 9.68. The van der Waals surface area contributed by atoms with Crippen molar-refractivity contribution in [1.82, 2.24) is 5.32 Å². The van der Waals surface area contributed by atoms with Crippen LogP contribution in [0.2, 0.25) is 0 Å². The second-order valence-electron chi connectivity index (χ2n) is 8.19. The third-order valence-corrected chi connectivity index (χ3v) is 6.53. The van der Waals surface area contributed by atoms with Crippen molar-refractivity contribution in [3.63, 3.8) is 0 Å². The van der Waals surface area contributed by atoms with Crippen molar-refractivity contribution in [2.75, 3.05) is 0 Å². The number of rotatable bonds is 2. The van der Waals surface area contributed by atoms with Gasteiger partial charge in [-0.1, -0.05) is 40.0 Å². The van der Waals surface area contributed by atoms with E-state index >= 15 is 0 Å². The van der Waals surface area contributed by atoms with Gasteiger partial charge in [0.25, 0.3) is 0 Å². The summed E-state index contributed by atoms with van der Waals surface area (Å²) in [4.78, 5) is 12.5. The second-order valence-corrected chi connectivity index (χ2v) is 8.19. The fourth-order valence-electron chi connectivity index (χ4n) is 5.29. The Morgan fingerprint density at radius 2 is 1.74 bits per heavy atom. The van der Waals surface area contributed by atoms with Gasteiger partial charge in [-0.05, 0) is 48.9 Å². The first-order valence-electron chi connectivity index (χ1n) is 8.24. The highest BCUT2D eigenvalue weighted by Crippen LogP contribution is 2.62. The zero-order chi connectivity index (χ0) is 13.7. The molecule has 108 valence electrons. The highest BCUT2D eigenvalue weighted by molar-refractivity contribution is 5.79. The molecule has 19 heavy (non-hydrogen) atoms. The Morgan fingerprint density at radius 1 is 1.05 bits per heavy atom. The van der Waals surface area contributed by atoms with Crippen molar-refractivity contribution >= 4 is 5.91 Å². The van der Waals surface area contributed by atoms with Gasteiger partial charge in [-0.25, -0.2) is 0 Å². The minimum Gasteiger partial charge on any atom is -0.352 e. The Bertz CT molecular complexity index is 365. The lowest BCUT2D eigenvalue weighted by Gasteiger charge is -2.43. The maximum atomic E-state index is 12.5. The van der Waals surface area contributed by atoms with Crippen LogP contribution < -0.4 is 5.32 Å². The second kappa shape index (κ2) is 4.49. The van der Waals surface area contributed by atoms with E-state index in [-0.39, 0.29) is 5.41 Å². The van der Waals surface area contributed by atoms with Crippen molar-refractivity contribution < 1.29 is 4.79 Å². The summed E-state index contributed by atoms with van der Waals surface area (Å²) in [7, 11) is 0. The van der Waals surface area contributed by atoms with Gasteiger partial charge in [-0.2, -0.15) is 0 Å². The summed E-state index contributed by atoms with van der Waals surface area (Å²) in [6, 6.07) is 0.396. The lowest BCUT2D eigenvalue weighted by molar-refractivity contribution is -0.128. The molecule has 0 saturated heterocycles. The number of nitrogens with one attached hydrogen (secondary N) is 1. The molecule has 0 aliphatic heterocycles. The van der Waals surface area contributed by atoms with E-state index in [9.17, 15) is 4.79 Å². The van der Waals surface area contributed by atoms with Crippen LogP contribution in [0, 0.1) is 22.7 Å². The van der Waals surface area contributed by atoms with Gasteiger partial charge < -0.3 is 5.32 Å². The Hall–Kier alpha value is -0.530. The Labute approximate surface area is 117 Å². The van der Waals surface area contributed by atoms with Gasteiger partial charge in [0.2, 0.25) is 5.91 Å². The molecule has 3 aliphatic rings. The SMILES string of the molecule is CC12CCC(C1)C(C)(C)C2NC(=O)C1CCCCC1. The first-order valence-corrected chi connectivity index (χ1v) is 8.24. The molecule has 0 spiro atoms. The van der Waals surface area contributed by atoms with Gasteiger partial charge >= 0.3 is 0 Å². The highest BCUT2D eigenvalue weighted by atomic mass is 16.2. The molecule has 3 unspecified atom stereocenters. The monoisotopic (exact) mass is 263 g/mol. The largest absolute Gasteiger partial charge is 0.352 e. The molecule has 0 aromatic heterocycles. The molecule has 3 atom stereocenters. The van der Waals surface area contributed by atoms with Crippen molar-refractivity contribution in [2.45, 2.75) is 78.2 Å². The molecular weight excluding hydrogens is 234 g/mol. The zero-order valence-corrected chi connectivity index (χ0v) is 12.8. The number of carbonyl (C=O) groups excluding carboxylic acids is 1. The number of amides is 1. The summed E-state index contributed by atoms with van der Waals surface area (Å²) in [5.74, 6) is 1.47. The first-order chi connectivity index (χ1) is 8.93. The molecule has 2 heteroatoms. The van der Waals surface area contributed by atoms with Crippen molar-refractivity contribution in [3.05, 3.63) is 0 Å². The minimum absolute atomic E-state index is 0.289. The summed E-state index contributed by atoms with van der Waals surface area (Å²) >= 11 is 0. The van der Waals surface area contributed by atoms with Gasteiger partial charge in [0.05, 0.1) is 0 Å². The van der Waals surface area contributed by atoms with Crippen LogP contribution in [0.15, 0.2) is 0 Å². The van der Waals surface area contributed by atoms with Crippen LogP contribution in [-0.4, -0.2) is 11.9 Å². The lowest BCUT2D eigenvalue weighted by Crippen LogP contribution is -2.53. The molecule has 2 nitrogen and oxygen atoms in total.